The molecule has 1 aromatic carbocycles. The summed E-state index contributed by atoms with van der Waals surface area (Å²) in [6.07, 6.45) is 0.996. The molecule has 0 radical (unpaired) electrons. The van der Waals surface area contributed by atoms with E-state index in [2.05, 4.69) is 58.0 Å². The van der Waals surface area contributed by atoms with Gasteiger partial charge in [0.2, 0.25) is 5.91 Å². The predicted molar refractivity (Wildman–Crippen MR) is 148 cm³/mol. The maximum atomic E-state index is 13.8. The lowest BCUT2D eigenvalue weighted by Gasteiger charge is -2.49. The second kappa shape index (κ2) is 8.94. The van der Waals surface area contributed by atoms with Crippen LogP contribution in [-0.2, 0) is 10.2 Å². The highest BCUT2D eigenvalue weighted by atomic mass is 16.3. The third-order valence-corrected chi connectivity index (χ3v) is 8.03. The fourth-order valence-electron chi connectivity index (χ4n) is 5.84. The highest BCUT2D eigenvalue weighted by Crippen LogP contribution is 2.39. The minimum atomic E-state index is -0.742. The Balaban J connectivity index is 1.42. The number of amides is 2. The van der Waals surface area contributed by atoms with Crippen LogP contribution in [0.3, 0.4) is 0 Å². The van der Waals surface area contributed by atoms with Gasteiger partial charge in [-0.25, -0.2) is 4.98 Å². The first-order valence-corrected chi connectivity index (χ1v) is 13.5. The number of fused-ring (bicyclic) bond motifs is 1. The van der Waals surface area contributed by atoms with Gasteiger partial charge < -0.3 is 19.3 Å². The van der Waals surface area contributed by atoms with Gasteiger partial charge in [0.05, 0.1) is 16.8 Å². The molecule has 1 saturated heterocycles. The number of carbonyl (C=O) groups excluding carboxylic acids is 2. The monoisotopic (exact) mass is 517 g/mol. The molecule has 3 aromatic rings. The summed E-state index contributed by atoms with van der Waals surface area (Å²) in [5, 5.41) is 10.1. The molecule has 2 fully saturated rings. The van der Waals surface area contributed by atoms with Gasteiger partial charge in [0.1, 0.15) is 5.52 Å². The summed E-state index contributed by atoms with van der Waals surface area (Å²) < 4.78 is 6.24. The molecule has 1 aliphatic carbocycles. The molecule has 2 aliphatic rings. The number of nitrogens with zero attached hydrogens (tertiary/aromatic N) is 3. The third kappa shape index (κ3) is 4.84. The molecule has 0 atom stereocenters. The summed E-state index contributed by atoms with van der Waals surface area (Å²) in [4.78, 5) is 35.3. The number of furan rings is 1. The van der Waals surface area contributed by atoms with Crippen LogP contribution < -0.4 is 0 Å². The Bertz CT molecular complexity index is 1390. The number of hydrogen-bond donors (Lipinski definition) is 1. The largest absolute Gasteiger partial charge is 0.449 e. The normalized spacial score (nSPS) is 23.4. The molecule has 1 aliphatic heterocycles. The summed E-state index contributed by atoms with van der Waals surface area (Å²) in [7, 11) is 0. The van der Waals surface area contributed by atoms with Gasteiger partial charge in [-0.05, 0) is 52.0 Å². The molecule has 7 heteroatoms. The predicted octanol–water partition coefficient (Wildman–Crippen LogP) is 5.32. The average Bonchev–Trinajstić information content (AvgIpc) is 3.24. The van der Waals surface area contributed by atoms with Gasteiger partial charge >= 0.3 is 0 Å². The highest BCUT2D eigenvalue weighted by Gasteiger charge is 2.47. The van der Waals surface area contributed by atoms with E-state index in [0.717, 1.165) is 16.8 Å². The number of aryl methyl sites for hydroxylation is 1. The van der Waals surface area contributed by atoms with Crippen molar-refractivity contribution in [1.82, 2.24) is 14.8 Å². The Kier molecular flexibility index (Phi) is 6.21. The van der Waals surface area contributed by atoms with E-state index in [0.29, 0.717) is 43.6 Å². The van der Waals surface area contributed by atoms with Crippen LogP contribution in [0.5, 0.6) is 0 Å². The molecule has 2 aromatic heterocycles. The zero-order valence-corrected chi connectivity index (χ0v) is 23.6. The second-order valence-electron chi connectivity index (χ2n) is 13.1. The topological polar surface area (TPSA) is 86.9 Å². The molecule has 2 amide bonds. The zero-order chi connectivity index (χ0) is 27.6. The van der Waals surface area contributed by atoms with E-state index >= 15 is 0 Å². The van der Waals surface area contributed by atoms with Crippen LogP contribution in [0, 0.1) is 12.8 Å². The van der Waals surface area contributed by atoms with Gasteiger partial charge in [0.15, 0.2) is 11.3 Å². The molecule has 0 spiro atoms. The summed E-state index contributed by atoms with van der Waals surface area (Å²) >= 11 is 0. The summed E-state index contributed by atoms with van der Waals surface area (Å²) in [5.74, 6) is 0.0107. The molecule has 3 heterocycles. The summed E-state index contributed by atoms with van der Waals surface area (Å²) in [6, 6.07) is 12.1. The molecule has 1 N–H and O–H groups in total. The molecule has 38 heavy (non-hydrogen) atoms. The number of carbonyl (C=O) groups is 2. The van der Waals surface area contributed by atoms with Crippen molar-refractivity contribution in [2.75, 3.05) is 19.6 Å². The maximum absolute atomic E-state index is 13.8. The molecule has 0 unspecified atom stereocenters. The van der Waals surface area contributed by atoms with Gasteiger partial charge in [-0.3, -0.25) is 9.59 Å². The lowest BCUT2D eigenvalue weighted by molar-refractivity contribution is -0.153. The first kappa shape index (κ1) is 26.4. The van der Waals surface area contributed by atoms with Crippen LogP contribution in [0.25, 0.3) is 22.4 Å². The van der Waals surface area contributed by atoms with E-state index in [1.807, 2.05) is 23.6 Å². The molecular formula is C31H39N3O4. The maximum Gasteiger partial charge on any atom is 0.290 e. The first-order valence-electron chi connectivity index (χ1n) is 13.5. The lowest BCUT2D eigenvalue weighted by atomic mass is 9.71. The van der Waals surface area contributed by atoms with E-state index in [1.165, 1.54) is 5.56 Å². The van der Waals surface area contributed by atoms with Gasteiger partial charge in [-0.1, -0.05) is 50.6 Å². The Morgan fingerprint density at radius 3 is 2.29 bits per heavy atom. The number of aromatic nitrogens is 1. The zero-order valence-electron chi connectivity index (χ0n) is 23.6. The van der Waals surface area contributed by atoms with Crippen LogP contribution in [0.1, 0.15) is 76.1 Å². The van der Waals surface area contributed by atoms with Crippen molar-refractivity contribution < 1.29 is 19.1 Å². The Morgan fingerprint density at radius 2 is 1.71 bits per heavy atom. The van der Waals surface area contributed by atoms with Crippen molar-refractivity contribution in [1.29, 1.82) is 0 Å². The second-order valence-corrected chi connectivity index (χ2v) is 13.1. The Hall–Kier alpha value is -3.19. The van der Waals surface area contributed by atoms with Gasteiger partial charge in [0, 0.05) is 42.7 Å². The van der Waals surface area contributed by atoms with E-state index < -0.39 is 11.1 Å². The smallest absolute Gasteiger partial charge is 0.290 e. The lowest BCUT2D eigenvalue weighted by Crippen LogP contribution is -2.63. The van der Waals surface area contributed by atoms with Gasteiger partial charge in [-0.2, -0.15) is 0 Å². The summed E-state index contributed by atoms with van der Waals surface area (Å²) in [6.45, 7) is 15.5. The van der Waals surface area contributed by atoms with Crippen molar-refractivity contribution in [2.45, 2.75) is 77.9 Å². The average molecular weight is 518 g/mol. The molecular weight excluding hydrogens is 478 g/mol. The number of rotatable bonds is 3. The quantitative estimate of drug-likeness (QED) is 0.508. The summed E-state index contributed by atoms with van der Waals surface area (Å²) in [5.41, 5.74) is 3.85. The minimum Gasteiger partial charge on any atom is -0.449 e. The van der Waals surface area contributed by atoms with Crippen LogP contribution in [0.15, 0.2) is 40.8 Å². The molecule has 0 bridgehead atoms. The van der Waals surface area contributed by atoms with Gasteiger partial charge in [-0.15, -0.1) is 0 Å². The van der Waals surface area contributed by atoms with Crippen LogP contribution in [0.4, 0.5) is 0 Å². The SMILES string of the molecule is Cc1ccc(-c2cc(C(C)(C)C)c3oc(C(=O)N4CCN(C(=O)C5CC(C)(O)C5)CC4(C)C)cc3n2)cc1. The van der Waals surface area contributed by atoms with Crippen molar-refractivity contribution >= 4 is 22.9 Å². The van der Waals surface area contributed by atoms with Crippen molar-refractivity contribution in [3.05, 3.63) is 53.3 Å². The number of hydrogen-bond acceptors (Lipinski definition) is 5. The van der Waals surface area contributed by atoms with Crippen molar-refractivity contribution in [3.63, 3.8) is 0 Å². The number of pyridine rings is 1. The van der Waals surface area contributed by atoms with Crippen LogP contribution in [-0.4, -0.2) is 62.5 Å². The Morgan fingerprint density at radius 1 is 1.05 bits per heavy atom. The molecule has 202 valence electrons. The highest BCUT2D eigenvalue weighted by molar-refractivity contribution is 5.97. The molecule has 7 nitrogen and oxygen atoms in total. The first-order chi connectivity index (χ1) is 17.6. The number of piperazine rings is 1. The van der Waals surface area contributed by atoms with E-state index in [1.54, 1.807) is 13.0 Å². The van der Waals surface area contributed by atoms with Crippen LogP contribution >= 0.6 is 0 Å². The van der Waals surface area contributed by atoms with Crippen molar-refractivity contribution in [2.24, 2.45) is 5.92 Å². The minimum absolute atomic E-state index is 0.0723. The van der Waals surface area contributed by atoms with Crippen LogP contribution in [0.2, 0.25) is 0 Å². The third-order valence-electron chi connectivity index (χ3n) is 8.03. The standard InChI is InChI=1S/C31H39N3O4/c1-19-8-10-20(11-9-19)23-14-22(29(2,3)4)26-24(32-23)15-25(38-26)28(36)34-13-12-33(18-30(34,5)6)27(35)21-16-31(7,37)17-21/h8-11,14-15,21,37H,12-13,16-18H2,1-7H3. The molecule has 5 rings (SSSR count). The van der Waals surface area contributed by atoms with E-state index in [4.69, 9.17) is 9.40 Å². The van der Waals surface area contributed by atoms with E-state index in [-0.39, 0.29) is 28.9 Å². The fraction of sp³-hybridized carbons (Fsp3) is 0.516. The fourth-order valence-corrected chi connectivity index (χ4v) is 5.84. The van der Waals surface area contributed by atoms with Gasteiger partial charge in [0.25, 0.3) is 5.91 Å². The molecule has 1 saturated carbocycles. The van der Waals surface area contributed by atoms with E-state index in [9.17, 15) is 14.7 Å². The van der Waals surface area contributed by atoms with Crippen molar-refractivity contribution in [3.8, 4) is 11.3 Å². The number of benzene rings is 1. The number of aliphatic hydroxyl groups is 1. The Labute approximate surface area is 224 Å².